The smallest absolute Gasteiger partial charge is 0.406 e. The average molecular weight is 593 g/mol. The summed E-state index contributed by atoms with van der Waals surface area (Å²) < 4.78 is 9.85. The second-order valence-electron chi connectivity index (χ2n) is 10.1. The minimum absolute atomic E-state index is 0.215. The van der Waals surface area contributed by atoms with Gasteiger partial charge in [0, 0.05) is 31.5 Å². The first-order chi connectivity index (χ1) is 20.2. The summed E-state index contributed by atoms with van der Waals surface area (Å²) in [5.74, 6) is -0.715. The van der Waals surface area contributed by atoms with E-state index in [0.717, 1.165) is 12.0 Å². The highest BCUT2D eigenvalue weighted by atomic mass is 16.6. The second-order valence-corrected chi connectivity index (χ2v) is 10.1. The molecule has 1 rings (SSSR count). The summed E-state index contributed by atoms with van der Waals surface area (Å²) >= 11 is 0. The van der Waals surface area contributed by atoms with Gasteiger partial charge in [0.15, 0.2) is 0 Å². The number of carbonyl (C=O) groups excluding carboxylic acids is 4. The van der Waals surface area contributed by atoms with Crippen LogP contribution in [0.2, 0.25) is 0 Å². The molecule has 13 nitrogen and oxygen atoms in total. The average Bonchev–Trinajstić information content (AvgIpc) is 2.97. The quantitative estimate of drug-likeness (QED) is 0.0768. The molecule has 13 heteroatoms. The van der Waals surface area contributed by atoms with Crippen molar-refractivity contribution in [1.82, 2.24) is 21.3 Å². The number of rotatable bonds is 22. The lowest BCUT2D eigenvalue weighted by atomic mass is 10.0. The van der Waals surface area contributed by atoms with Crippen molar-refractivity contribution in [3.63, 3.8) is 0 Å². The summed E-state index contributed by atoms with van der Waals surface area (Å²) in [4.78, 5) is 53.2. The van der Waals surface area contributed by atoms with Crippen molar-refractivity contribution >= 4 is 30.0 Å². The Hall–Kier alpha value is -3.71. The van der Waals surface area contributed by atoms with Gasteiger partial charge in [0.2, 0.25) is 11.8 Å². The topological polar surface area (TPSA) is 182 Å². The molecule has 0 aliphatic carbocycles. The van der Waals surface area contributed by atoms with Crippen molar-refractivity contribution in [2.24, 2.45) is 16.8 Å². The van der Waals surface area contributed by atoms with Gasteiger partial charge in [0.1, 0.15) is 12.6 Å². The fraction of sp³-hybridized carbons (Fsp3) is 0.621. The largest absolute Gasteiger partial charge is 0.453 e. The van der Waals surface area contributed by atoms with Gasteiger partial charge in [-0.25, -0.2) is 4.79 Å². The molecule has 0 aliphatic heterocycles. The lowest BCUT2D eigenvalue weighted by Crippen LogP contribution is -2.51. The maximum atomic E-state index is 12.6. The fourth-order valence-electron chi connectivity index (χ4n) is 3.86. The first-order valence-corrected chi connectivity index (χ1v) is 14.3. The lowest BCUT2D eigenvalue weighted by Gasteiger charge is -2.21. The molecule has 0 radical (unpaired) electrons. The second kappa shape index (κ2) is 22.0. The molecule has 1 aromatic carbocycles. The molecule has 0 spiro atoms. The number of primary amides is 1. The van der Waals surface area contributed by atoms with Gasteiger partial charge in [0.05, 0.1) is 19.8 Å². The van der Waals surface area contributed by atoms with Crippen molar-refractivity contribution in [2.45, 2.75) is 71.1 Å². The van der Waals surface area contributed by atoms with Crippen LogP contribution in [-0.2, 0) is 30.5 Å². The molecule has 0 unspecified atom stereocenters. The van der Waals surface area contributed by atoms with E-state index < -0.39 is 18.0 Å². The zero-order chi connectivity index (χ0) is 31.2. The van der Waals surface area contributed by atoms with Crippen molar-refractivity contribution in [2.75, 3.05) is 40.5 Å². The number of hydrogen-bond acceptors (Lipinski definition) is 9. The van der Waals surface area contributed by atoms with Crippen LogP contribution in [0.1, 0.15) is 68.3 Å². The Morgan fingerprint density at radius 2 is 1.81 bits per heavy atom. The third-order valence-corrected chi connectivity index (χ3v) is 6.13. The Labute approximate surface area is 248 Å². The highest BCUT2D eigenvalue weighted by Gasteiger charge is 2.23. The van der Waals surface area contributed by atoms with E-state index >= 15 is 0 Å². The van der Waals surface area contributed by atoms with Gasteiger partial charge in [-0.1, -0.05) is 31.1 Å². The number of ether oxygens (including phenoxy) is 2. The van der Waals surface area contributed by atoms with Gasteiger partial charge < -0.3 is 41.3 Å². The third-order valence-electron chi connectivity index (χ3n) is 6.13. The predicted octanol–water partition coefficient (Wildman–Crippen LogP) is 1.85. The maximum Gasteiger partial charge on any atom is 0.406 e. The Kier molecular flexibility index (Phi) is 19.0. The molecule has 0 bridgehead atoms. The number of carbonyl (C=O) groups is 4. The van der Waals surface area contributed by atoms with Crippen LogP contribution in [0.4, 0.5) is 4.79 Å². The van der Waals surface area contributed by atoms with Crippen molar-refractivity contribution in [3.8, 4) is 0 Å². The monoisotopic (exact) mass is 592 g/mol. The molecule has 6 N–H and O–H groups in total. The number of hydrogen-bond donors (Lipinski definition) is 5. The zero-order valence-corrected chi connectivity index (χ0v) is 25.3. The molecule has 4 amide bonds. The van der Waals surface area contributed by atoms with Crippen molar-refractivity contribution < 1.29 is 33.5 Å². The molecule has 1 aromatic rings. The van der Waals surface area contributed by atoms with E-state index in [1.807, 2.05) is 19.9 Å². The van der Waals surface area contributed by atoms with Crippen LogP contribution in [0.15, 0.2) is 29.4 Å². The first kappa shape index (κ1) is 36.3. The first-order valence-electron chi connectivity index (χ1n) is 14.3. The van der Waals surface area contributed by atoms with Gasteiger partial charge in [0.25, 0.3) is 5.91 Å². The minimum Gasteiger partial charge on any atom is -0.453 e. The van der Waals surface area contributed by atoms with Crippen LogP contribution in [0.5, 0.6) is 0 Å². The molecule has 0 aliphatic rings. The van der Waals surface area contributed by atoms with Crippen molar-refractivity contribution in [3.05, 3.63) is 35.4 Å². The summed E-state index contributed by atoms with van der Waals surface area (Å²) in [7, 11) is 3.02. The molecule has 0 saturated heterocycles. The predicted molar refractivity (Wildman–Crippen MR) is 160 cm³/mol. The lowest BCUT2D eigenvalue weighted by molar-refractivity contribution is -0.129. The number of unbranched alkanes of at least 4 members (excludes halogenated alkanes) is 2. The molecule has 0 fully saturated rings. The molecule has 42 heavy (non-hydrogen) atoms. The van der Waals surface area contributed by atoms with E-state index in [1.165, 1.54) is 7.11 Å². The molecular formula is C29H48N6O7. The number of nitrogens with one attached hydrogen (secondary N) is 4. The van der Waals surface area contributed by atoms with Gasteiger partial charge in [-0.3, -0.25) is 14.4 Å². The SMILES string of the molecule is CN[C@@H](CC(C)C)C(=O)N[C@@H](CCCCNC(=O)c1cccc(CO/N=C\CCCOCCNC(=O)OC)c1)C(N)=O. The molecule has 236 valence electrons. The van der Waals surface area contributed by atoms with Crippen LogP contribution in [-0.4, -0.2) is 82.6 Å². The van der Waals surface area contributed by atoms with E-state index in [0.29, 0.717) is 69.9 Å². The summed E-state index contributed by atoms with van der Waals surface area (Å²) in [6.45, 7) is 6.01. The number of alkyl carbamates (subject to hydrolysis) is 1. The minimum atomic E-state index is -0.759. The maximum absolute atomic E-state index is 12.6. The number of nitrogens with zero attached hydrogens (tertiary/aromatic N) is 1. The number of benzene rings is 1. The van der Waals surface area contributed by atoms with E-state index in [-0.39, 0.29) is 24.5 Å². The zero-order valence-electron chi connectivity index (χ0n) is 25.3. The third kappa shape index (κ3) is 16.5. The number of likely N-dealkylation sites (N-methyl/N-ethyl adjacent to an activating group) is 1. The van der Waals surface area contributed by atoms with Gasteiger partial charge in [-0.2, -0.15) is 0 Å². The summed E-state index contributed by atoms with van der Waals surface area (Å²) in [6.07, 6.45) is 4.88. The highest BCUT2D eigenvalue weighted by molar-refractivity contribution is 5.94. The van der Waals surface area contributed by atoms with E-state index in [1.54, 1.807) is 31.5 Å². The fourth-order valence-corrected chi connectivity index (χ4v) is 3.86. The normalized spacial score (nSPS) is 12.5. The van der Waals surface area contributed by atoms with Crippen LogP contribution < -0.4 is 27.0 Å². The molecule has 0 aromatic heterocycles. The van der Waals surface area contributed by atoms with Crippen LogP contribution >= 0.6 is 0 Å². The number of nitrogens with two attached hydrogens (primary N) is 1. The molecule has 2 atom stereocenters. The Morgan fingerprint density at radius 3 is 2.50 bits per heavy atom. The van der Waals surface area contributed by atoms with E-state index in [2.05, 4.69) is 31.2 Å². The van der Waals surface area contributed by atoms with E-state index in [9.17, 15) is 19.2 Å². The summed E-state index contributed by atoms with van der Waals surface area (Å²) in [6, 6.07) is 5.94. The van der Waals surface area contributed by atoms with Crippen LogP contribution in [0.25, 0.3) is 0 Å². The van der Waals surface area contributed by atoms with Gasteiger partial charge >= 0.3 is 6.09 Å². The van der Waals surface area contributed by atoms with E-state index in [4.69, 9.17) is 15.3 Å². The van der Waals surface area contributed by atoms with Gasteiger partial charge in [-0.15, -0.1) is 0 Å². The van der Waals surface area contributed by atoms with Gasteiger partial charge in [-0.05, 0) is 69.2 Å². The summed E-state index contributed by atoms with van der Waals surface area (Å²) in [5.41, 5.74) is 6.80. The Bertz CT molecular complexity index is 989. The molecular weight excluding hydrogens is 544 g/mol. The van der Waals surface area contributed by atoms with Crippen LogP contribution in [0.3, 0.4) is 0 Å². The Morgan fingerprint density at radius 1 is 1.02 bits per heavy atom. The van der Waals surface area contributed by atoms with Crippen LogP contribution in [0, 0.1) is 5.92 Å². The highest BCUT2D eigenvalue weighted by Crippen LogP contribution is 2.09. The van der Waals surface area contributed by atoms with Crippen molar-refractivity contribution in [1.29, 1.82) is 0 Å². The summed E-state index contributed by atoms with van der Waals surface area (Å²) in [5, 5.41) is 15.1. The molecule has 0 saturated carbocycles. The Balaban J connectivity index is 2.29. The standard InChI is InChI=1S/C29H48N6O7/c1-21(2)18-25(31-3)28(38)35-24(26(30)36)12-5-6-13-32-27(37)23-11-9-10-22(19-23)20-42-34-14-7-8-16-41-17-15-33-29(39)40-4/h9-11,14,19,21,24-25,31H,5-8,12-13,15-18,20H2,1-4H3,(H2,30,36)(H,32,37)(H,33,39)(H,35,38)/b34-14-/t24-,25-/m0/s1. The number of methoxy groups -OCH3 is 1. The number of oxime groups is 1. The molecule has 0 heterocycles. The number of amides is 4.